The number of sulfone groups is 1. The fraction of sp³-hybridized carbons (Fsp3) is 0.647. The van der Waals surface area contributed by atoms with E-state index in [0.717, 1.165) is 56.6 Å². The van der Waals surface area contributed by atoms with Crippen molar-refractivity contribution in [2.24, 2.45) is 0 Å². The smallest absolute Gasteiger partial charge is 0.151 e. The third-order valence-corrected chi connectivity index (χ3v) is 7.45. The van der Waals surface area contributed by atoms with Gasteiger partial charge in [0.2, 0.25) is 0 Å². The van der Waals surface area contributed by atoms with Crippen molar-refractivity contribution in [3.8, 4) is 0 Å². The van der Waals surface area contributed by atoms with E-state index < -0.39 is 9.84 Å². The van der Waals surface area contributed by atoms with Crippen LogP contribution in [-0.4, -0.2) is 61.9 Å². The van der Waals surface area contributed by atoms with Crippen molar-refractivity contribution >= 4 is 9.84 Å². The summed E-state index contributed by atoms with van der Waals surface area (Å²) in [5.41, 5.74) is 2.05. The van der Waals surface area contributed by atoms with E-state index in [-0.39, 0.29) is 11.9 Å². The molecule has 4 nitrogen and oxygen atoms in total. The molecule has 1 aromatic rings. The number of nitrogens with zero attached hydrogens (tertiary/aromatic N) is 2. The molecule has 2 fully saturated rings. The lowest BCUT2D eigenvalue weighted by molar-refractivity contribution is 0.0752. The lowest BCUT2D eigenvalue weighted by Gasteiger charge is -2.40. The highest BCUT2D eigenvalue weighted by molar-refractivity contribution is 7.91. The largest absolute Gasteiger partial charge is 0.297 e. The molecule has 2 heterocycles. The van der Waals surface area contributed by atoms with E-state index in [4.69, 9.17) is 0 Å². The topological polar surface area (TPSA) is 40.6 Å². The molecule has 4 rings (SSSR count). The normalized spacial score (nSPS) is 31.3. The van der Waals surface area contributed by atoms with Crippen LogP contribution >= 0.6 is 0 Å². The number of benzene rings is 1. The zero-order valence-electron chi connectivity index (χ0n) is 13.2. The van der Waals surface area contributed by atoms with Gasteiger partial charge in [-0.1, -0.05) is 12.1 Å². The van der Waals surface area contributed by atoms with Gasteiger partial charge >= 0.3 is 0 Å². The Morgan fingerprint density at radius 2 is 1.78 bits per heavy atom. The molecule has 0 bridgehead atoms. The van der Waals surface area contributed by atoms with Crippen molar-refractivity contribution in [3.05, 3.63) is 35.1 Å². The fourth-order valence-electron chi connectivity index (χ4n) is 4.44. The van der Waals surface area contributed by atoms with E-state index in [0.29, 0.717) is 17.5 Å². The van der Waals surface area contributed by atoms with Gasteiger partial charge in [0, 0.05) is 38.3 Å². The van der Waals surface area contributed by atoms with Crippen LogP contribution in [0.1, 0.15) is 30.0 Å². The van der Waals surface area contributed by atoms with Gasteiger partial charge in [0.15, 0.2) is 9.84 Å². The summed E-state index contributed by atoms with van der Waals surface area (Å²) in [5.74, 6) is 0.595. The summed E-state index contributed by atoms with van der Waals surface area (Å²) in [6, 6.07) is 5.96. The quantitative estimate of drug-likeness (QED) is 0.822. The Kier molecular flexibility index (Phi) is 3.94. The second-order valence-corrected chi connectivity index (χ2v) is 9.22. The van der Waals surface area contributed by atoms with Crippen molar-refractivity contribution in [2.45, 2.75) is 31.3 Å². The molecule has 0 aromatic heterocycles. The van der Waals surface area contributed by atoms with Gasteiger partial charge in [-0.05, 0) is 36.5 Å². The third-order valence-electron chi connectivity index (χ3n) is 5.70. The van der Waals surface area contributed by atoms with Crippen LogP contribution in [0.3, 0.4) is 0 Å². The lowest BCUT2D eigenvalue weighted by Crippen LogP contribution is -2.51. The van der Waals surface area contributed by atoms with Gasteiger partial charge in [-0.15, -0.1) is 0 Å². The molecule has 0 radical (unpaired) electrons. The fourth-order valence-corrected chi connectivity index (χ4v) is 6.21. The summed E-state index contributed by atoms with van der Waals surface area (Å²) in [6.07, 6.45) is 2.60. The Morgan fingerprint density at radius 1 is 1.04 bits per heavy atom. The van der Waals surface area contributed by atoms with Crippen LogP contribution in [0, 0.1) is 5.82 Å². The molecule has 0 N–H and O–H groups in total. The summed E-state index contributed by atoms with van der Waals surface area (Å²) in [7, 11) is -2.82. The van der Waals surface area contributed by atoms with E-state index >= 15 is 0 Å². The average molecular weight is 338 g/mol. The molecule has 1 aromatic carbocycles. The number of hydrogen-bond acceptors (Lipinski definition) is 4. The van der Waals surface area contributed by atoms with Crippen LogP contribution in [0.15, 0.2) is 18.2 Å². The van der Waals surface area contributed by atoms with E-state index in [2.05, 4.69) is 15.9 Å². The molecular formula is C17H23FN2O2S. The van der Waals surface area contributed by atoms with Crippen LogP contribution in [-0.2, 0) is 16.3 Å². The SMILES string of the molecule is O=S1(=O)CC[C@H](N2CCN([C@@H]3CCc4c(F)cccc43)CC2)C1. The minimum Gasteiger partial charge on any atom is -0.297 e. The van der Waals surface area contributed by atoms with Crippen LogP contribution in [0.25, 0.3) is 0 Å². The molecule has 2 atom stereocenters. The van der Waals surface area contributed by atoms with Gasteiger partial charge in [0.25, 0.3) is 0 Å². The van der Waals surface area contributed by atoms with Gasteiger partial charge in [-0.3, -0.25) is 9.80 Å². The van der Waals surface area contributed by atoms with Crippen molar-refractivity contribution in [1.29, 1.82) is 0 Å². The maximum atomic E-state index is 13.9. The first-order valence-corrected chi connectivity index (χ1v) is 10.3. The van der Waals surface area contributed by atoms with Crippen molar-refractivity contribution in [3.63, 3.8) is 0 Å². The minimum atomic E-state index is -2.82. The van der Waals surface area contributed by atoms with E-state index in [1.54, 1.807) is 6.07 Å². The van der Waals surface area contributed by atoms with Gasteiger partial charge in [-0.25, -0.2) is 12.8 Å². The summed E-state index contributed by atoms with van der Waals surface area (Å²) < 4.78 is 37.2. The van der Waals surface area contributed by atoms with E-state index in [1.807, 2.05) is 6.07 Å². The molecule has 0 spiro atoms. The monoisotopic (exact) mass is 338 g/mol. The highest BCUT2D eigenvalue weighted by Crippen LogP contribution is 2.37. The van der Waals surface area contributed by atoms with Crippen LogP contribution in [0.5, 0.6) is 0 Å². The van der Waals surface area contributed by atoms with Crippen LogP contribution in [0.4, 0.5) is 4.39 Å². The van der Waals surface area contributed by atoms with E-state index in [9.17, 15) is 12.8 Å². The molecule has 2 aliphatic heterocycles. The Bertz CT molecular complexity index is 699. The van der Waals surface area contributed by atoms with Crippen LogP contribution in [0.2, 0.25) is 0 Å². The second kappa shape index (κ2) is 5.83. The van der Waals surface area contributed by atoms with Gasteiger partial charge in [0.05, 0.1) is 11.5 Å². The van der Waals surface area contributed by atoms with Crippen molar-refractivity contribution in [1.82, 2.24) is 9.80 Å². The molecule has 3 aliphatic rings. The van der Waals surface area contributed by atoms with Gasteiger partial charge < -0.3 is 0 Å². The zero-order valence-corrected chi connectivity index (χ0v) is 14.1. The highest BCUT2D eigenvalue weighted by Gasteiger charge is 2.36. The Labute approximate surface area is 137 Å². The average Bonchev–Trinajstić information content (AvgIpc) is 3.12. The van der Waals surface area contributed by atoms with Crippen molar-refractivity contribution < 1.29 is 12.8 Å². The highest BCUT2D eigenvalue weighted by atomic mass is 32.2. The van der Waals surface area contributed by atoms with Crippen LogP contribution < -0.4 is 0 Å². The Hall–Kier alpha value is -0.980. The number of rotatable bonds is 2. The van der Waals surface area contributed by atoms with Gasteiger partial charge in [0.1, 0.15) is 5.82 Å². The summed E-state index contributed by atoms with van der Waals surface area (Å²) in [4.78, 5) is 4.79. The van der Waals surface area contributed by atoms with Gasteiger partial charge in [-0.2, -0.15) is 0 Å². The maximum absolute atomic E-state index is 13.9. The first kappa shape index (κ1) is 15.5. The molecule has 0 saturated carbocycles. The standard InChI is InChI=1S/C17H23FN2O2S/c18-16-3-1-2-15-14(16)4-5-17(15)20-9-7-19(8-10-20)13-6-11-23(21,22)12-13/h1-3,13,17H,4-12H2/t13-,17+/m0/s1. The lowest BCUT2D eigenvalue weighted by atomic mass is 10.1. The molecule has 126 valence electrons. The number of halogens is 1. The molecule has 23 heavy (non-hydrogen) atoms. The molecule has 2 saturated heterocycles. The molecule has 0 amide bonds. The first-order chi connectivity index (χ1) is 11.0. The minimum absolute atomic E-state index is 0.0696. The second-order valence-electron chi connectivity index (χ2n) is 6.99. The molecule has 0 unspecified atom stereocenters. The Balaban J connectivity index is 1.41. The maximum Gasteiger partial charge on any atom is 0.151 e. The zero-order chi connectivity index (χ0) is 16.0. The summed E-state index contributed by atoms with van der Waals surface area (Å²) >= 11 is 0. The summed E-state index contributed by atoms with van der Waals surface area (Å²) in [6.45, 7) is 3.72. The number of piperazine rings is 1. The number of fused-ring (bicyclic) bond motifs is 1. The molecule has 6 heteroatoms. The first-order valence-electron chi connectivity index (χ1n) is 8.49. The Morgan fingerprint density at radius 3 is 2.48 bits per heavy atom. The number of hydrogen-bond donors (Lipinski definition) is 0. The molecular weight excluding hydrogens is 315 g/mol. The predicted octanol–water partition coefficient (Wildman–Crippen LogP) is 1.62. The molecule has 1 aliphatic carbocycles. The summed E-state index contributed by atoms with van der Waals surface area (Å²) in [5, 5.41) is 0. The van der Waals surface area contributed by atoms with E-state index in [1.165, 1.54) is 0 Å². The van der Waals surface area contributed by atoms with Crippen molar-refractivity contribution in [2.75, 3.05) is 37.7 Å². The predicted molar refractivity (Wildman–Crippen MR) is 87.7 cm³/mol. The third kappa shape index (κ3) is 2.92.